The van der Waals surface area contributed by atoms with E-state index in [1.807, 2.05) is 49.8 Å². The molecule has 9 heteroatoms. The van der Waals surface area contributed by atoms with Gasteiger partial charge in [-0.05, 0) is 62.8 Å². The highest BCUT2D eigenvalue weighted by Gasteiger charge is 2.20. The van der Waals surface area contributed by atoms with E-state index in [0.717, 1.165) is 49.5 Å². The molecule has 1 aromatic carbocycles. The zero-order chi connectivity index (χ0) is 23.4. The highest BCUT2D eigenvalue weighted by molar-refractivity contribution is 6.00. The molecule has 0 atom stereocenters. The molecule has 0 spiro atoms. The van der Waals surface area contributed by atoms with Crippen molar-refractivity contribution >= 4 is 28.8 Å². The van der Waals surface area contributed by atoms with Gasteiger partial charge in [-0.2, -0.15) is 5.10 Å². The van der Waals surface area contributed by atoms with E-state index >= 15 is 0 Å². The molecule has 1 saturated heterocycles. The summed E-state index contributed by atoms with van der Waals surface area (Å²) in [5.41, 5.74) is 3.52. The zero-order valence-electron chi connectivity index (χ0n) is 19.4. The number of fused-ring (bicyclic) bond motifs is 1. The lowest BCUT2D eigenvalue weighted by atomic mass is 10.0. The van der Waals surface area contributed by atoms with Crippen LogP contribution in [0.2, 0.25) is 0 Å². The molecule has 33 heavy (non-hydrogen) atoms. The molecule has 4 N–H and O–H groups in total. The molecule has 0 radical (unpaired) electrons. The Morgan fingerprint density at radius 2 is 2.00 bits per heavy atom. The summed E-state index contributed by atoms with van der Waals surface area (Å²) in [4.78, 5) is 6.98. The van der Waals surface area contributed by atoms with Crippen molar-refractivity contribution in [2.75, 3.05) is 25.5 Å². The van der Waals surface area contributed by atoms with E-state index in [4.69, 9.17) is 15.6 Å². The van der Waals surface area contributed by atoms with Gasteiger partial charge in [-0.15, -0.1) is 0 Å². The summed E-state index contributed by atoms with van der Waals surface area (Å²) in [6, 6.07) is 10.1. The van der Waals surface area contributed by atoms with E-state index in [1.165, 1.54) is 11.9 Å². The lowest BCUT2D eigenvalue weighted by Crippen LogP contribution is -2.40. The van der Waals surface area contributed by atoms with Gasteiger partial charge in [-0.1, -0.05) is 19.9 Å². The van der Waals surface area contributed by atoms with Gasteiger partial charge in [0, 0.05) is 36.0 Å². The van der Waals surface area contributed by atoms with Crippen LogP contribution >= 0.6 is 0 Å². The van der Waals surface area contributed by atoms with Crippen molar-refractivity contribution in [1.29, 1.82) is 10.8 Å². The maximum Gasteiger partial charge on any atom is 0.220 e. The molecule has 0 unspecified atom stereocenters. The molecule has 0 saturated carbocycles. The van der Waals surface area contributed by atoms with Crippen LogP contribution in [0.25, 0.3) is 5.52 Å². The Balaban J connectivity index is 1.53. The Morgan fingerprint density at radius 1 is 1.21 bits per heavy atom. The number of nitrogens with zero attached hydrogens (tertiary/aromatic N) is 4. The van der Waals surface area contributed by atoms with Crippen LogP contribution in [0.1, 0.15) is 37.8 Å². The fraction of sp³-hybridized carbons (Fsp3) is 0.417. The predicted octanol–water partition coefficient (Wildman–Crippen LogP) is 3.63. The third-order valence-electron chi connectivity index (χ3n) is 6.05. The van der Waals surface area contributed by atoms with Gasteiger partial charge in [0.2, 0.25) is 5.90 Å². The summed E-state index contributed by atoms with van der Waals surface area (Å²) in [7, 11) is 2.04. The quantitative estimate of drug-likeness (QED) is 0.324. The van der Waals surface area contributed by atoms with E-state index in [1.54, 1.807) is 6.07 Å². The molecule has 0 amide bonds. The van der Waals surface area contributed by atoms with Crippen LogP contribution in [0.3, 0.4) is 0 Å². The molecule has 3 aromatic rings. The van der Waals surface area contributed by atoms with Crippen LogP contribution in [-0.2, 0) is 11.3 Å². The van der Waals surface area contributed by atoms with E-state index in [-0.39, 0.29) is 17.7 Å². The molecule has 2 aromatic heterocycles. The first-order valence-electron chi connectivity index (χ1n) is 11.4. The van der Waals surface area contributed by atoms with Gasteiger partial charge in [-0.25, -0.2) is 9.50 Å². The van der Waals surface area contributed by atoms with Gasteiger partial charge in [0.1, 0.15) is 11.8 Å². The summed E-state index contributed by atoms with van der Waals surface area (Å²) in [6.07, 6.45) is 5.81. The fourth-order valence-electron chi connectivity index (χ4n) is 4.02. The minimum absolute atomic E-state index is 0.0430. The van der Waals surface area contributed by atoms with Crippen LogP contribution in [0, 0.1) is 16.7 Å². The highest BCUT2D eigenvalue weighted by atomic mass is 16.5. The zero-order valence-corrected chi connectivity index (χ0v) is 19.4. The summed E-state index contributed by atoms with van der Waals surface area (Å²) in [5.74, 6) is 0.679. The number of nitrogens with one attached hydrogen (secondary N) is 4. The first-order valence-corrected chi connectivity index (χ1v) is 11.4. The number of hydrogen-bond acceptors (Lipinski definition) is 8. The van der Waals surface area contributed by atoms with Crippen molar-refractivity contribution in [1.82, 2.24) is 24.8 Å². The second kappa shape index (κ2) is 10.1. The molecule has 1 aliphatic rings. The average Bonchev–Trinajstić information content (AvgIpc) is 3.23. The summed E-state index contributed by atoms with van der Waals surface area (Å²) in [6.45, 7) is 6.71. The molecular formula is C24H32N8O. The van der Waals surface area contributed by atoms with Crippen molar-refractivity contribution < 1.29 is 4.74 Å². The summed E-state index contributed by atoms with van der Waals surface area (Å²) >= 11 is 0. The van der Waals surface area contributed by atoms with Crippen LogP contribution in [0.4, 0.5) is 11.5 Å². The normalized spacial score (nSPS) is 15.2. The number of likely N-dealkylation sites (tertiary alicyclic amines) is 1. The SMILES string of the molecule is CNC1CCN(Cc2ccn3ncnc(Nc4cccc(C(=N)OC(=N)C(C)C)c4)c23)CC1. The van der Waals surface area contributed by atoms with E-state index in [2.05, 4.69) is 31.7 Å². The van der Waals surface area contributed by atoms with Crippen molar-refractivity contribution in [2.45, 2.75) is 39.3 Å². The minimum Gasteiger partial charge on any atom is -0.425 e. The Labute approximate surface area is 194 Å². The topological polar surface area (TPSA) is 114 Å². The van der Waals surface area contributed by atoms with Crippen LogP contribution in [0.5, 0.6) is 0 Å². The second-order valence-corrected chi connectivity index (χ2v) is 8.74. The third kappa shape index (κ3) is 5.37. The second-order valence-electron chi connectivity index (χ2n) is 8.74. The highest BCUT2D eigenvalue weighted by Crippen LogP contribution is 2.25. The lowest BCUT2D eigenvalue weighted by molar-refractivity contribution is 0.195. The predicted molar refractivity (Wildman–Crippen MR) is 131 cm³/mol. The van der Waals surface area contributed by atoms with Crippen LogP contribution < -0.4 is 10.6 Å². The maximum atomic E-state index is 8.21. The van der Waals surface area contributed by atoms with Gasteiger partial charge in [-0.3, -0.25) is 15.7 Å². The standard InChI is InChI=1S/C24H32N8O/c1-16(2)22(25)33-23(26)17-5-4-6-20(13-17)30-24-21-18(7-12-32(21)29-15-28-24)14-31-10-8-19(27-3)9-11-31/h4-7,12-13,15-16,19,25-27H,8-11,14H2,1-3H3,(H,28,29,30). The number of rotatable bonds is 7. The van der Waals surface area contributed by atoms with E-state index in [0.29, 0.717) is 11.6 Å². The number of piperidine rings is 1. The Hall–Kier alpha value is -3.30. The molecular weight excluding hydrogens is 416 g/mol. The molecule has 9 nitrogen and oxygen atoms in total. The average molecular weight is 449 g/mol. The number of benzene rings is 1. The molecule has 3 heterocycles. The van der Waals surface area contributed by atoms with Crippen molar-refractivity contribution in [2.24, 2.45) is 5.92 Å². The number of anilines is 2. The number of aromatic nitrogens is 3. The number of hydrogen-bond donors (Lipinski definition) is 4. The first kappa shape index (κ1) is 22.9. The number of ether oxygens (including phenoxy) is 1. The van der Waals surface area contributed by atoms with Gasteiger partial charge in [0.25, 0.3) is 0 Å². The van der Waals surface area contributed by atoms with E-state index in [9.17, 15) is 0 Å². The smallest absolute Gasteiger partial charge is 0.220 e. The van der Waals surface area contributed by atoms with Crippen molar-refractivity contribution in [3.05, 3.63) is 54.0 Å². The van der Waals surface area contributed by atoms with Crippen molar-refractivity contribution in [3.8, 4) is 0 Å². The van der Waals surface area contributed by atoms with Crippen LogP contribution in [0.15, 0.2) is 42.9 Å². The maximum absolute atomic E-state index is 8.21. The molecule has 174 valence electrons. The van der Waals surface area contributed by atoms with E-state index < -0.39 is 0 Å². The molecule has 0 bridgehead atoms. The monoisotopic (exact) mass is 448 g/mol. The summed E-state index contributed by atoms with van der Waals surface area (Å²) in [5, 5.41) is 27.2. The Bertz CT molecular complexity index is 1130. The molecule has 1 aliphatic heterocycles. The van der Waals surface area contributed by atoms with Crippen molar-refractivity contribution in [3.63, 3.8) is 0 Å². The Morgan fingerprint density at radius 3 is 2.73 bits per heavy atom. The lowest BCUT2D eigenvalue weighted by Gasteiger charge is -2.31. The largest absolute Gasteiger partial charge is 0.425 e. The third-order valence-corrected chi connectivity index (χ3v) is 6.05. The fourth-order valence-corrected chi connectivity index (χ4v) is 4.02. The van der Waals surface area contributed by atoms with Gasteiger partial charge in [0.15, 0.2) is 11.7 Å². The Kier molecular flexibility index (Phi) is 7.00. The minimum atomic E-state index is -0.0715. The molecule has 1 fully saturated rings. The van der Waals surface area contributed by atoms with Gasteiger partial charge < -0.3 is 15.4 Å². The molecule has 0 aliphatic carbocycles. The van der Waals surface area contributed by atoms with Gasteiger partial charge in [0.05, 0.1) is 0 Å². The van der Waals surface area contributed by atoms with Gasteiger partial charge >= 0.3 is 0 Å². The molecule has 4 rings (SSSR count). The van der Waals surface area contributed by atoms with Crippen LogP contribution in [-0.4, -0.2) is 57.5 Å². The first-order chi connectivity index (χ1) is 15.9. The summed E-state index contributed by atoms with van der Waals surface area (Å²) < 4.78 is 7.23.